The van der Waals surface area contributed by atoms with E-state index in [1.807, 2.05) is 35.2 Å². The number of nitrogens with one attached hydrogen (secondary N) is 1. The number of fused-ring (bicyclic) bond motifs is 1. The highest BCUT2D eigenvalue weighted by Gasteiger charge is 2.18. The van der Waals surface area contributed by atoms with Gasteiger partial charge in [-0.15, -0.1) is 11.3 Å². The fourth-order valence-corrected chi connectivity index (χ4v) is 3.26. The minimum absolute atomic E-state index is 0.126. The molecule has 7 heteroatoms. The number of carbonyl (C=O) groups is 1. The summed E-state index contributed by atoms with van der Waals surface area (Å²) in [6, 6.07) is 1.71. The van der Waals surface area contributed by atoms with Crippen LogP contribution in [0.1, 0.15) is 48.7 Å². The standard InChI is InChI=1S/C16H21N5OS/c1-10(2)7-12-8-14(20(4)19-12)15(22)17-11(3)13-9-21-5-6-23-16(21)18-13/h5-6,8-11H,7H2,1-4H3,(H,17,22)/t11-/m0/s1. The van der Waals surface area contributed by atoms with Gasteiger partial charge in [0.15, 0.2) is 4.96 Å². The fourth-order valence-electron chi connectivity index (χ4n) is 2.56. The number of rotatable bonds is 5. The van der Waals surface area contributed by atoms with Crippen LogP contribution in [-0.2, 0) is 13.5 Å². The van der Waals surface area contributed by atoms with Crippen LogP contribution in [-0.4, -0.2) is 25.1 Å². The van der Waals surface area contributed by atoms with Gasteiger partial charge >= 0.3 is 0 Å². The van der Waals surface area contributed by atoms with Crippen LogP contribution in [0.2, 0.25) is 0 Å². The number of thiazole rings is 1. The predicted molar refractivity (Wildman–Crippen MR) is 90.7 cm³/mol. The van der Waals surface area contributed by atoms with E-state index in [2.05, 4.69) is 29.2 Å². The zero-order chi connectivity index (χ0) is 16.6. The monoisotopic (exact) mass is 331 g/mol. The lowest BCUT2D eigenvalue weighted by Gasteiger charge is -2.11. The molecule has 0 aromatic carbocycles. The lowest BCUT2D eigenvalue weighted by atomic mass is 10.1. The van der Waals surface area contributed by atoms with E-state index in [1.54, 1.807) is 23.1 Å². The van der Waals surface area contributed by atoms with E-state index in [4.69, 9.17) is 0 Å². The van der Waals surface area contributed by atoms with Crippen molar-refractivity contribution in [2.75, 3.05) is 0 Å². The van der Waals surface area contributed by atoms with E-state index in [0.717, 1.165) is 22.8 Å². The number of aryl methyl sites for hydroxylation is 1. The van der Waals surface area contributed by atoms with E-state index in [1.165, 1.54) is 0 Å². The first-order chi connectivity index (χ1) is 10.9. The van der Waals surface area contributed by atoms with Crippen molar-refractivity contribution in [3.05, 3.63) is 40.9 Å². The summed E-state index contributed by atoms with van der Waals surface area (Å²) in [5, 5.41) is 9.40. The number of imidazole rings is 1. The highest BCUT2D eigenvalue weighted by molar-refractivity contribution is 7.15. The van der Waals surface area contributed by atoms with Crippen molar-refractivity contribution >= 4 is 22.2 Å². The average Bonchev–Trinajstić information content (AvgIpc) is 3.11. The maximum absolute atomic E-state index is 12.5. The Labute approximate surface area is 139 Å². The zero-order valence-electron chi connectivity index (χ0n) is 13.8. The molecule has 122 valence electrons. The van der Waals surface area contributed by atoms with E-state index in [-0.39, 0.29) is 11.9 Å². The van der Waals surface area contributed by atoms with Crippen LogP contribution in [0.25, 0.3) is 4.96 Å². The minimum atomic E-state index is -0.155. The van der Waals surface area contributed by atoms with Gasteiger partial charge in [-0.1, -0.05) is 13.8 Å². The van der Waals surface area contributed by atoms with E-state index < -0.39 is 0 Å². The fraction of sp³-hybridized carbons (Fsp3) is 0.438. The van der Waals surface area contributed by atoms with Gasteiger partial charge in [-0.3, -0.25) is 13.9 Å². The predicted octanol–water partition coefficient (Wildman–Crippen LogP) is 2.82. The minimum Gasteiger partial charge on any atom is -0.343 e. The lowest BCUT2D eigenvalue weighted by molar-refractivity contribution is 0.0929. The smallest absolute Gasteiger partial charge is 0.270 e. The third-order valence-corrected chi connectivity index (χ3v) is 4.45. The second kappa shape index (κ2) is 6.16. The molecule has 0 aliphatic heterocycles. The van der Waals surface area contributed by atoms with Crippen molar-refractivity contribution in [1.29, 1.82) is 0 Å². The van der Waals surface area contributed by atoms with Crippen molar-refractivity contribution in [3.63, 3.8) is 0 Å². The van der Waals surface area contributed by atoms with Crippen LogP contribution in [0, 0.1) is 5.92 Å². The van der Waals surface area contributed by atoms with Gasteiger partial charge in [-0.2, -0.15) is 5.10 Å². The molecule has 3 rings (SSSR count). The summed E-state index contributed by atoms with van der Waals surface area (Å²) < 4.78 is 3.61. The Hall–Kier alpha value is -2.15. The number of aromatic nitrogens is 4. The molecule has 0 aliphatic carbocycles. The summed E-state index contributed by atoms with van der Waals surface area (Å²) in [5.41, 5.74) is 2.38. The van der Waals surface area contributed by atoms with E-state index in [0.29, 0.717) is 11.6 Å². The van der Waals surface area contributed by atoms with Gasteiger partial charge < -0.3 is 5.32 Å². The maximum Gasteiger partial charge on any atom is 0.270 e. The summed E-state index contributed by atoms with van der Waals surface area (Å²) >= 11 is 1.58. The molecule has 1 N–H and O–H groups in total. The van der Waals surface area contributed by atoms with Gasteiger partial charge in [0.2, 0.25) is 0 Å². The van der Waals surface area contributed by atoms with Gasteiger partial charge in [0, 0.05) is 24.8 Å². The Morgan fingerprint density at radius 2 is 2.17 bits per heavy atom. The molecule has 0 saturated heterocycles. The first kappa shape index (κ1) is 15.7. The molecular formula is C16H21N5OS. The summed E-state index contributed by atoms with van der Waals surface area (Å²) in [6.45, 7) is 6.22. The average molecular weight is 331 g/mol. The Kier molecular flexibility index (Phi) is 4.21. The molecule has 6 nitrogen and oxygen atoms in total. The largest absolute Gasteiger partial charge is 0.343 e. The highest BCUT2D eigenvalue weighted by atomic mass is 32.1. The molecule has 0 radical (unpaired) electrons. The molecule has 0 saturated carbocycles. The van der Waals surface area contributed by atoms with Crippen LogP contribution in [0.4, 0.5) is 0 Å². The molecule has 3 aromatic heterocycles. The van der Waals surface area contributed by atoms with Gasteiger partial charge in [-0.25, -0.2) is 4.98 Å². The third kappa shape index (κ3) is 3.29. The van der Waals surface area contributed by atoms with Crippen LogP contribution >= 0.6 is 11.3 Å². The first-order valence-electron chi connectivity index (χ1n) is 7.70. The van der Waals surface area contributed by atoms with Crippen LogP contribution in [0.5, 0.6) is 0 Å². The second-order valence-electron chi connectivity index (χ2n) is 6.20. The topological polar surface area (TPSA) is 64.2 Å². The third-order valence-electron chi connectivity index (χ3n) is 3.68. The lowest BCUT2D eigenvalue weighted by Crippen LogP contribution is -2.28. The first-order valence-corrected chi connectivity index (χ1v) is 8.58. The van der Waals surface area contributed by atoms with Crippen LogP contribution < -0.4 is 5.32 Å². The molecule has 1 amide bonds. The Morgan fingerprint density at radius 1 is 1.39 bits per heavy atom. The normalized spacial score (nSPS) is 12.9. The number of carbonyl (C=O) groups excluding carboxylic acids is 1. The summed E-state index contributed by atoms with van der Waals surface area (Å²) in [4.78, 5) is 18.0. The molecule has 0 unspecified atom stereocenters. The number of amides is 1. The molecule has 0 spiro atoms. The van der Waals surface area contributed by atoms with Crippen molar-refractivity contribution in [2.45, 2.75) is 33.2 Å². The van der Waals surface area contributed by atoms with Gasteiger partial charge in [-0.05, 0) is 25.3 Å². The molecule has 1 atom stereocenters. The molecular weight excluding hydrogens is 310 g/mol. The quantitative estimate of drug-likeness (QED) is 0.782. The Morgan fingerprint density at radius 3 is 2.87 bits per heavy atom. The number of hydrogen-bond acceptors (Lipinski definition) is 4. The van der Waals surface area contributed by atoms with Crippen molar-refractivity contribution < 1.29 is 4.79 Å². The van der Waals surface area contributed by atoms with Crippen molar-refractivity contribution in [1.82, 2.24) is 24.5 Å². The second-order valence-corrected chi connectivity index (χ2v) is 7.07. The molecule has 23 heavy (non-hydrogen) atoms. The zero-order valence-corrected chi connectivity index (χ0v) is 14.6. The molecule has 0 bridgehead atoms. The van der Waals surface area contributed by atoms with Gasteiger partial charge in [0.25, 0.3) is 5.91 Å². The number of nitrogens with zero attached hydrogens (tertiary/aromatic N) is 4. The van der Waals surface area contributed by atoms with E-state index in [9.17, 15) is 4.79 Å². The maximum atomic E-state index is 12.5. The highest BCUT2D eigenvalue weighted by Crippen LogP contribution is 2.17. The SMILES string of the molecule is CC(C)Cc1cc(C(=O)N[C@@H](C)c2cn3ccsc3n2)n(C)n1. The van der Waals surface area contributed by atoms with Gasteiger partial charge in [0.1, 0.15) is 5.69 Å². The molecule has 0 aliphatic rings. The van der Waals surface area contributed by atoms with E-state index >= 15 is 0 Å². The molecule has 0 fully saturated rings. The number of hydrogen-bond donors (Lipinski definition) is 1. The Bertz CT molecular complexity index is 800. The molecule has 3 heterocycles. The van der Waals surface area contributed by atoms with Crippen molar-refractivity contribution in [3.8, 4) is 0 Å². The molecule has 3 aromatic rings. The summed E-state index contributed by atoms with van der Waals surface area (Å²) in [5.74, 6) is 0.386. The van der Waals surface area contributed by atoms with Crippen LogP contribution in [0.3, 0.4) is 0 Å². The summed E-state index contributed by atoms with van der Waals surface area (Å²) in [6.07, 6.45) is 4.78. The Balaban J connectivity index is 1.73. The van der Waals surface area contributed by atoms with Crippen LogP contribution in [0.15, 0.2) is 23.8 Å². The summed E-state index contributed by atoms with van der Waals surface area (Å²) in [7, 11) is 1.80. The van der Waals surface area contributed by atoms with Gasteiger partial charge in [0.05, 0.1) is 17.4 Å². The van der Waals surface area contributed by atoms with Crippen molar-refractivity contribution in [2.24, 2.45) is 13.0 Å².